The van der Waals surface area contributed by atoms with E-state index < -0.39 is 5.66 Å². The number of nitrogens with zero attached hydrogens (tertiary/aromatic N) is 3. The molecule has 158 valence electrons. The van der Waals surface area contributed by atoms with Crippen LogP contribution < -0.4 is 10.2 Å². The van der Waals surface area contributed by atoms with E-state index in [4.69, 9.17) is 0 Å². The first-order chi connectivity index (χ1) is 14.9. The van der Waals surface area contributed by atoms with Gasteiger partial charge in [0, 0.05) is 6.42 Å². The Balaban J connectivity index is 1.39. The molecule has 3 aromatic rings. The molecule has 2 aliphatic heterocycles. The third kappa shape index (κ3) is 2.98. The van der Waals surface area contributed by atoms with Gasteiger partial charge in [0.05, 0.1) is 28.3 Å². The Morgan fingerprint density at radius 3 is 2.74 bits per heavy atom. The number of imidazole rings is 1. The van der Waals surface area contributed by atoms with E-state index in [0.29, 0.717) is 29.9 Å². The van der Waals surface area contributed by atoms with E-state index in [1.54, 1.807) is 23.1 Å². The highest BCUT2D eigenvalue weighted by Gasteiger charge is 2.53. The second kappa shape index (κ2) is 6.94. The third-order valence-electron chi connectivity index (χ3n) is 6.24. The van der Waals surface area contributed by atoms with Crippen molar-refractivity contribution in [3.8, 4) is 0 Å². The van der Waals surface area contributed by atoms with Crippen molar-refractivity contribution < 1.29 is 14.4 Å². The number of H-pyrrole nitrogens is 1. The fraction of sp³-hybridized carbons (Fsp3) is 0.304. The summed E-state index contributed by atoms with van der Waals surface area (Å²) in [6, 6.07) is 14.4. The zero-order valence-electron chi connectivity index (χ0n) is 17.4. The molecule has 2 atom stereocenters. The fourth-order valence-electron chi connectivity index (χ4n) is 4.62. The Morgan fingerprint density at radius 1 is 1.19 bits per heavy atom. The van der Waals surface area contributed by atoms with Crippen molar-refractivity contribution in [3.05, 3.63) is 59.9 Å². The van der Waals surface area contributed by atoms with Crippen LogP contribution in [0.5, 0.6) is 0 Å². The van der Waals surface area contributed by atoms with E-state index in [9.17, 15) is 14.4 Å². The molecular weight excluding hydrogens is 394 g/mol. The minimum Gasteiger partial charge on any atom is -0.345 e. The van der Waals surface area contributed by atoms with Gasteiger partial charge < -0.3 is 15.2 Å². The average Bonchev–Trinajstić information content (AvgIpc) is 3.33. The van der Waals surface area contributed by atoms with E-state index in [0.717, 1.165) is 11.0 Å². The molecule has 31 heavy (non-hydrogen) atoms. The number of fused-ring (bicyclic) bond motifs is 4. The summed E-state index contributed by atoms with van der Waals surface area (Å²) >= 11 is 0. The molecule has 1 aromatic heterocycles. The van der Waals surface area contributed by atoms with Gasteiger partial charge in [0.15, 0.2) is 0 Å². The number of rotatable bonds is 4. The number of hydrogen-bond donors (Lipinski definition) is 2. The van der Waals surface area contributed by atoms with E-state index in [-0.39, 0.29) is 30.3 Å². The van der Waals surface area contributed by atoms with E-state index in [1.165, 1.54) is 4.90 Å². The van der Waals surface area contributed by atoms with Crippen LogP contribution in [0.2, 0.25) is 0 Å². The smallest absolute Gasteiger partial charge is 0.258 e. The van der Waals surface area contributed by atoms with Crippen LogP contribution in [0.4, 0.5) is 5.69 Å². The van der Waals surface area contributed by atoms with Gasteiger partial charge in [0.25, 0.3) is 5.91 Å². The van der Waals surface area contributed by atoms with Gasteiger partial charge in [0.1, 0.15) is 18.0 Å². The molecule has 8 nitrogen and oxygen atoms in total. The van der Waals surface area contributed by atoms with Crippen molar-refractivity contribution in [2.45, 2.75) is 38.4 Å². The normalized spacial score (nSPS) is 21.2. The molecular formula is C23H23N5O3. The summed E-state index contributed by atoms with van der Waals surface area (Å²) in [5.41, 5.74) is 1.92. The summed E-state index contributed by atoms with van der Waals surface area (Å²) in [5.74, 6) is 0.0639. The summed E-state index contributed by atoms with van der Waals surface area (Å²) < 4.78 is 0. The van der Waals surface area contributed by atoms with E-state index in [2.05, 4.69) is 15.3 Å². The molecule has 3 amide bonds. The Hall–Kier alpha value is -3.68. The van der Waals surface area contributed by atoms with Crippen molar-refractivity contribution in [1.82, 2.24) is 20.2 Å². The summed E-state index contributed by atoms with van der Waals surface area (Å²) in [4.78, 5) is 49.8. The fourth-order valence-corrected chi connectivity index (χ4v) is 4.62. The first kappa shape index (κ1) is 19.3. The molecule has 0 aliphatic carbocycles. The zero-order valence-corrected chi connectivity index (χ0v) is 17.4. The number of hydrogen-bond acceptors (Lipinski definition) is 4. The lowest BCUT2D eigenvalue weighted by atomic mass is 9.98. The highest BCUT2D eigenvalue weighted by atomic mass is 16.2. The number of para-hydroxylation sites is 3. The standard InChI is InChI=1S/C23H23N5O3/c1-14(21-25-16-8-4-5-9-17(16)26-21)24-19(29)13-27-22(31)15-7-3-6-10-18(15)28-20(30)11-12-23(27,28)2/h3-10,14H,11-13H2,1-2H3,(H,24,29)(H,25,26). The molecule has 2 N–H and O–H groups in total. The number of carbonyl (C=O) groups is 3. The second-order valence-corrected chi connectivity index (χ2v) is 8.28. The van der Waals surface area contributed by atoms with Crippen LogP contribution in [-0.2, 0) is 9.59 Å². The van der Waals surface area contributed by atoms with Crippen LogP contribution in [0, 0.1) is 0 Å². The molecule has 3 heterocycles. The molecule has 2 unspecified atom stereocenters. The molecule has 2 aliphatic rings. The van der Waals surface area contributed by atoms with Gasteiger partial charge >= 0.3 is 0 Å². The highest BCUT2D eigenvalue weighted by Crippen LogP contribution is 2.43. The maximum atomic E-state index is 13.3. The Bertz CT molecular complexity index is 1190. The quantitative estimate of drug-likeness (QED) is 0.682. The highest BCUT2D eigenvalue weighted by molar-refractivity contribution is 6.11. The average molecular weight is 417 g/mol. The van der Waals surface area contributed by atoms with Crippen LogP contribution in [0.3, 0.4) is 0 Å². The van der Waals surface area contributed by atoms with Crippen LogP contribution in [0.25, 0.3) is 11.0 Å². The van der Waals surface area contributed by atoms with Crippen molar-refractivity contribution in [2.24, 2.45) is 0 Å². The number of aromatic amines is 1. The van der Waals surface area contributed by atoms with Crippen LogP contribution in [0.15, 0.2) is 48.5 Å². The van der Waals surface area contributed by atoms with Crippen molar-refractivity contribution in [3.63, 3.8) is 0 Å². The molecule has 5 rings (SSSR count). The van der Waals surface area contributed by atoms with Gasteiger partial charge in [-0.1, -0.05) is 24.3 Å². The number of benzene rings is 2. The maximum Gasteiger partial charge on any atom is 0.258 e. The molecule has 1 saturated heterocycles. The summed E-state index contributed by atoms with van der Waals surface area (Å²) in [7, 11) is 0. The summed E-state index contributed by atoms with van der Waals surface area (Å²) in [6.45, 7) is 3.55. The molecule has 0 radical (unpaired) electrons. The predicted molar refractivity (Wildman–Crippen MR) is 115 cm³/mol. The molecule has 8 heteroatoms. The largest absolute Gasteiger partial charge is 0.345 e. The minimum absolute atomic E-state index is 0.0384. The minimum atomic E-state index is -0.859. The van der Waals surface area contributed by atoms with Crippen LogP contribution in [-0.4, -0.2) is 44.8 Å². The van der Waals surface area contributed by atoms with Gasteiger partial charge in [-0.05, 0) is 44.5 Å². The number of carbonyl (C=O) groups excluding carboxylic acids is 3. The summed E-state index contributed by atoms with van der Waals surface area (Å²) in [5, 5.41) is 2.93. The van der Waals surface area contributed by atoms with Gasteiger partial charge in [-0.2, -0.15) is 0 Å². The van der Waals surface area contributed by atoms with Crippen molar-refractivity contribution in [2.75, 3.05) is 11.4 Å². The van der Waals surface area contributed by atoms with Gasteiger partial charge in [-0.3, -0.25) is 19.3 Å². The van der Waals surface area contributed by atoms with Crippen LogP contribution in [0.1, 0.15) is 48.9 Å². The topological polar surface area (TPSA) is 98.4 Å². The number of amides is 3. The SMILES string of the molecule is CC(NC(=O)CN1C(=O)c2ccccc2N2C(=O)CCC12C)c1nc2ccccc2[nH]1. The predicted octanol–water partition coefficient (Wildman–Crippen LogP) is 2.74. The Morgan fingerprint density at radius 2 is 1.94 bits per heavy atom. The number of nitrogens with one attached hydrogen (secondary N) is 2. The van der Waals surface area contributed by atoms with Crippen molar-refractivity contribution >= 4 is 34.4 Å². The summed E-state index contributed by atoms with van der Waals surface area (Å²) in [6.07, 6.45) is 0.823. The first-order valence-corrected chi connectivity index (χ1v) is 10.4. The molecule has 1 fully saturated rings. The molecule has 2 aromatic carbocycles. The van der Waals surface area contributed by atoms with E-state index in [1.807, 2.05) is 44.2 Å². The zero-order chi connectivity index (χ0) is 21.8. The monoisotopic (exact) mass is 417 g/mol. The van der Waals surface area contributed by atoms with Gasteiger partial charge in [-0.15, -0.1) is 0 Å². The van der Waals surface area contributed by atoms with Gasteiger partial charge in [0.2, 0.25) is 11.8 Å². The second-order valence-electron chi connectivity index (χ2n) is 8.28. The van der Waals surface area contributed by atoms with Crippen molar-refractivity contribution in [1.29, 1.82) is 0 Å². The maximum absolute atomic E-state index is 13.3. The Kier molecular flexibility index (Phi) is 4.32. The van der Waals surface area contributed by atoms with Crippen LogP contribution >= 0.6 is 0 Å². The molecule has 0 bridgehead atoms. The van der Waals surface area contributed by atoms with E-state index >= 15 is 0 Å². The third-order valence-corrected chi connectivity index (χ3v) is 6.24. The number of anilines is 1. The first-order valence-electron chi connectivity index (χ1n) is 10.4. The van der Waals surface area contributed by atoms with Gasteiger partial charge in [-0.25, -0.2) is 4.98 Å². The lowest BCUT2D eigenvalue weighted by molar-refractivity contribution is -0.124. The molecule has 0 saturated carbocycles. The number of aromatic nitrogens is 2. The lowest BCUT2D eigenvalue weighted by Gasteiger charge is -2.48. The molecule has 0 spiro atoms. The Labute approximate surface area is 179 Å². The lowest BCUT2D eigenvalue weighted by Crippen LogP contribution is -2.63.